The van der Waals surface area contributed by atoms with Crippen molar-refractivity contribution in [3.63, 3.8) is 0 Å². The zero-order chi connectivity index (χ0) is 27.9. The van der Waals surface area contributed by atoms with Crippen LogP contribution in [0.3, 0.4) is 0 Å². The maximum atomic E-state index is 12.0. The van der Waals surface area contributed by atoms with Gasteiger partial charge in [0, 0.05) is 44.5 Å². The second kappa shape index (κ2) is 16.0. The summed E-state index contributed by atoms with van der Waals surface area (Å²) in [6.07, 6.45) is 2.92. The molecule has 1 aliphatic heterocycles. The zero-order valence-electron chi connectivity index (χ0n) is 22.2. The van der Waals surface area contributed by atoms with E-state index in [0.29, 0.717) is 19.1 Å². The first-order valence-electron chi connectivity index (χ1n) is 12.9. The normalized spacial score (nSPS) is 14.5. The second-order valence-corrected chi connectivity index (χ2v) is 8.95. The minimum atomic E-state index is -0.880. The van der Waals surface area contributed by atoms with Crippen molar-refractivity contribution in [3.8, 4) is 5.75 Å². The van der Waals surface area contributed by atoms with Crippen LogP contribution in [0.15, 0.2) is 54.6 Å². The number of hydrogen-bond donors (Lipinski definition) is 0. The van der Waals surface area contributed by atoms with Gasteiger partial charge in [0.1, 0.15) is 19.0 Å². The predicted octanol–water partition coefficient (Wildman–Crippen LogP) is 2.99. The molecule has 1 heterocycles. The molecule has 0 radical (unpaired) electrons. The number of amides is 2. The van der Waals surface area contributed by atoms with Crippen LogP contribution in [0.2, 0.25) is 0 Å². The largest absolute Gasteiger partial charge is 0.497 e. The molecule has 212 valence electrons. The molecule has 2 aromatic rings. The summed E-state index contributed by atoms with van der Waals surface area (Å²) in [7, 11) is 1.63. The average molecular weight is 545 g/mol. The Balaban J connectivity index is 0.000000268. The van der Waals surface area contributed by atoms with Crippen LogP contribution in [0.5, 0.6) is 5.75 Å². The van der Waals surface area contributed by atoms with Gasteiger partial charge in [-0.2, -0.15) is 0 Å². The van der Waals surface area contributed by atoms with Crippen LogP contribution in [0.25, 0.3) is 0 Å². The van der Waals surface area contributed by atoms with Crippen molar-refractivity contribution >= 4 is 18.2 Å². The van der Waals surface area contributed by atoms with Crippen molar-refractivity contribution in [2.45, 2.75) is 25.4 Å². The van der Waals surface area contributed by atoms with Crippen molar-refractivity contribution in [2.75, 3.05) is 64.6 Å². The van der Waals surface area contributed by atoms with Gasteiger partial charge in [0.05, 0.1) is 20.3 Å². The third-order valence-electron chi connectivity index (χ3n) is 6.21. The number of carbonyl (C=O) groups excluding carboxylic acids is 2. The molecule has 0 bridgehead atoms. The van der Waals surface area contributed by atoms with Gasteiger partial charge in [-0.15, -0.1) is 10.1 Å². The van der Waals surface area contributed by atoms with E-state index in [1.54, 1.807) is 12.0 Å². The molecule has 1 saturated heterocycles. The van der Waals surface area contributed by atoms with Gasteiger partial charge in [-0.05, 0) is 42.7 Å². The minimum Gasteiger partial charge on any atom is -0.497 e. The van der Waals surface area contributed by atoms with Crippen molar-refractivity contribution in [2.24, 2.45) is 0 Å². The van der Waals surface area contributed by atoms with Crippen LogP contribution in [0.1, 0.15) is 18.4 Å². The Morgan fingerprint density at radius 2 is 1.67 bits per heavy atom. The summed E-state index contributed by atoms with van der Waals surface area (Å²) in [5, 5.41) is 9.06. The van der Waals surface area contributed by atoms with E-state index in [4.69, 9.17) is 14.2 Å². The Morgan fingerprint density at radius 1 is 1.00 bits per heavy atom. The summed E-state index contributed by atoms with van der Waals surface area (Å²) in [6, 6.07) is 18.4. The van der Waals surface area contributed by atoms with E-state index in [1.165, 1.54) is 18.4 Å². The van der Waals surface area contributed by atoms with Gasteiger partial charge in [-0.25, -0.2) is 4.79 Å². The average Bonchev–Trinajstić information content (AvgIpc) is 3.82. The number of carbonyl (C=O) groups is 2. The van der Waals surface area contributed by atoms with Crippen molar-refractivity contribution in [1.29, 1.82) is 0 Å². The minimum absolute atomic E-state index is 0.0685. The van der Waals surface area contributed by atoms with E-state index < -0.39 is 5.09 Å². The van der Waals surface area contributed by atoms with Crippen LogP contribution in [-0.4, -0.2) is 93.1 Å². The number of nitrogens with zero attached hydrogens (tertiary/aromatic N) is 4. The van der Waals surface area contributed by atoms with Gasteiger partial charge >= 0.3 is 6.09 Å². The molecule has 0 aromatic heterocycles. The summed E-state index contributed by atoms with van der Waals surface area (Å²) in [4.78, 5) is 42.5. The highest BCUT2D eigenvalue weighted by atomic mass is 17.0. The Labute approximate surface area is 228 Å². The fraction of sp³-hybridized carbons (Fsp3) is 0.481. The highest BCUT2D eigenvalue weighted by Crippen LogP contribution is 2.26. The summed E-state index contributed by atoms with van der Waals surface area (Å²) < 4.78 is 15.4. The topological polar surface area (TPSA) is 124 Å². The maximum absolute atomic E-state index is 12.0. The van der Waals surface area contributed by atoms with Crippen LogP contribution in [0, 0.1) is 10.1 Å². The molecule has 2 fully saturated rings. The van der Waals surface area contributed by atoms with E-state index in [-0.39, 0.29) is 32.5 Å². The predicted molar refractivity (Wildman–Crippen MR) is 143 cm³/mol. The lowest BCUT2D eigenvalue weighted by atomic mass is 10.2. The lowest BCUT2D eigenvalue weighted by Crippen LogP contribution is -2.49. The van der Waals surface area contributed by atoms with Crippen molar-refractivity contribution in [3.05, 3.63) is 70.3 Å². The number of rotatable bonds is 13. The zero-order valence-corrected chi connectivity index (χ0v) is 22.2. The van der Waals surface area contributed by atoms with Gasteiger partial charge in [0.15, 0.2) is 0 Å². The van der Waals surface area contributed by atoms with Crippen LogP contribution >= 0.6 is 0 Å². The molecule has 12 heteroatoms. The number of benzene rings is 2. The van der Waals surface area contributed by atoms with Gasteiger partial charge in [0.25, 0.3) is 5.09 Å². The molecule has 0 atom stereocenters. The smallest absolute Gasteiger partial charge is 0.409 e. The highest BCUT2D eigenvalue weighted by Gasteiger charge is 2.27. The van der Waals surface area contributed by atoms with E-state index in [0.717, 1.165) is 37.5 Å². The molecule has 2 amide bonds. The maximum Gasteiger partial charge on any atom is 0.409 e. The van der Waals surface area contributed by atoms with Crippen LogP contribution in [0.4, 0.5) is 10.5 Å². The fourth-order valence-electron chi connectivity index (χ4n) is 3.95. The number of ether oxygens (including phenoxy) is 3. The molecule has 0 unspecified atom stereocenters. The third kappa shape index (κ3) is 10.7. The summed E-state index contributed by atoms with van der Waals surface area (Å²) >= 11 is 0. The quantitative estimate of drug-likeness (QED) is 0.162. The van der Waals surface area contributed by atoms with Gasteiger partial charge in [-0.3, -0.25) is 4.79 Å². The Hall–Kier alpha value is -4.06. The molecule has 1 aliphatic carbocycles. The molecule has 39 heavy (non-hydrogen) atoms. The number of methoxy groups -OCH3 is 1. The Bertz CT molecular complexity index is 1010. The number of hydrogen-bond acceptors (Lipinski definition) is 9. The van der Waals surface area contributed by atoms with Gasteiger partial charge in [0.2, 0.25) is 6.41 Å². The summed E-state index contributed by atoms with van der Waals surface area (Å²) in [6.45, 7) is 3.52. The van der Waals surface area contributed by atoms with Gasteiger partial charge in [-0.1, -0.05) is 30.3 Å². The van der Waals surface area contributed by atoms with E-state index >= 15 is 0 Å². The third-order valence-corrected chi connectivity index (χ3v) is 6.21. The van der Waals surface area contributed by atoms with E-state index in [9.17, 15) is 19.7 Å². The van der Waals surface area contributed by atoms with Crippen molar-refractivity contribution in [1.82, 2.24) is 9.80 Å². The Morgan fingerprint density at radius 3 is 2.26 bits per heavy atom. The fourth-order valence-corrected chi connectivity index (χ4v) is 3.95. The van der Waals surface area contributed by atoms with Crippen LogP contribution in [-0.2, 0) is 25.7 Å². The molecule has 4 rings (SSSR count). The lowest BCUT2D eigenvalue weighted by Gasteiger charge is -2.35. The molecule has 2 aliphatic rings. The first kappa shape index (κ1) is 29.5. The second-order valence-electron chi connectivity index (χ2n) is 8.95. The lowest BCUT2D eigenvalue weighted by molar-refractivity contribution is -0.758. The first-order valence-corrected chi connectivity index (χ1v) is 12.9. The SMILES string of the molecule is COc1ccc(N2CCN(C(=O)OCCOCCO[N+](=O)[O-])CC2)cc1.O=CN(Cc1ccccc1)C1CC1. The molecule has 12 nitrogen and oxygen atoms in total. The number of anilines is 1. The summed E-state index contributed by atoms with van der Waals surface area (Å²) in [5.41, 5.74) is 2.30. The molecule has 1 saturated carbocycles. The molecule has 2 aromatic carbocycles. The Kier molecular flexibility index (Phi) is 12.1. The summed E-state index contributed by atoms with van der Waals surface area (Å²) in [5.74, 6) is 0.808. The molecule has 0 N–H and O–H groups in total. The molecule has 0 spiro atoms. The van der Waals surface area contributed by atoms with E-state index in [1.807, 2.05) is 47.4 Å². The monoisotopic (exact) mass is 544 g/mol. The molecular formula is C27H36N4O8. The first-order chi connectivity index (χ1) is 19.0. The number of piperazine rings is 1. The van der Waals surface area contributed by atoms with Gasteiger partial charge < -0.3 is 33.7 Å². The van der Waals surface area contributed by atoms with Crippen LogP contribution < -0.4 is 9.64 Å². The standard InChI is InChI=1S/C16H23N3O7.C11H13NO/c1-23-15-4-2-14(3-5-15)17-6-8-18(9-7-17)16(20)25-12-10-24-11-13-26-19(21)22;13-9-12(11-6-7-11)8-10-4-2-1-3-5-10/h2-5H,6-13H2,1H3;1-5,9,11H,6-8H2. The highest BCUT2D eigenvalue weighted by molar-refractivity contribution is 5.68. The van der Waals surface area contributed by atoms with Crippen molar-refractivity contribution < 1.29 is 33.7 Å². The molecular weight excluding hydrogens is 508 g/mol. The van der Waals surface area contributed by atoms with E-state index in [2.05, 4.69) is 21.9 Å².